The third-order valence-electron chi connectivity index (χ3n) is 19.8. The van der Waals surface area contributed by atoms with Crippen LogP contribution in [-0.2, 0) is 112 Å². The Hall–Kier alpha value is -8.71. The van der Waals surface area contributed by atoms with Crippen LogP contribution in [0.25, 0.3) is 21.6 Å². The van der Waals surface area contributed by atoms with Gasteiger partial charge in [0.25, 0.3) is 9.70 Å². The van der Waals surface area contributed by atoms with Gasteiger partial charge in [0.1, 0.15) is 80.3 Å². The number of benzene rings is 8. The highest BCUT2D eigenvalue weighted by Gasteiger charge is 2.63. The number of halogens is 3. The molecule has 8 aromatic rings. The molecule has 3 N–H and O–H groups in total. The minimum atomic E-state index is -3.10. The fourth-order valence-electron chi connectivity index (χ4n) is 14.4. The lowest BCUT2D eigenvalue weighted by Crippen LogP contribution is -2.73. The van der Waals surface area contributed by atoms with Crippen LogP contribution in [0.5, 0.6) is 0 Å². The van der Waals surface area contributed by atoms with E-state index in [4.69, 9.17) is 111 Å². The van der Waals surface area contributed by atoms with Crippen molar-refractivity contribution >= 4 is 52.8 Å². The minimum absolute atomic E-state index is 0.0172. The number of aliphatic hydroxyl groups is 1. The first kappa shape index (κ1) is 79.0. The third kappa shape index (κ3) is 19.2. The summed E-state index contributed by atoms with van der Waals surface area (Å²) in [5, 5.41) is 23.0. The van der Waals surface area contributed by atoms with Gasteiger partial charge < -0.3 is 91.5 Å². The predicted octanol–water partition coefficient (Wildman–Crippen LogP) is 12.6. The Balaban J connectivity index is 0.839. The molecule has 111 heavy (non-hydrogen) atoms. The topological polar surface area (TPSA) is 292 Å². The molecule has 0 aromatic heterocycles. The Morgan fingerprint density at radius 2 is 1.06 bits per heavy atom. The summed E-state index contributed by atoms with van der Waals surface area (Å²) >= 11 is 19.7. The number of nitrogens with one attached hydrogen (secondary N) is 2. The van der Waals surface area contributed by atoms with Gasteiger partial charge in [-0.05, 0) is 50.0 Å². The number of alkyl carbamates (subject to hydrolysis) is 1. The first-order valence-electron chi connectivity index (χ1n) is 36.4. The van der Waals surface area contributed by atoms with Crippen molar-refractivity contribution in [3.8, 4) is 11.1 Å². The van der Waals surface area contributed by atoms with Gasteiger partial charge in [0.2, 0.25) is 5.72 Å². The minimum Gasteiger partial charge on any atom is -0.460 e. The predicted molar refractivity (Wildman–Crippen MR) is 402 cm³/mol. The van der Waals surface area contributed by atoms with E-state index in [0.717, 1.165) is 44.5 Å². The number of ether oxygens (including phenoxy) is 16. The van der Waals surface area contributed by atoms with Gasteiger partial charge in [0.05, 0.1) is 52.9 Å². The quantitative estimate of drug-likeness (QED) is 0.00941. The molecule has 6 aliphatic rings. The SMILES string of the molecule is C=CCOC(=O)[C@H](CO[C@H]1O[C@@H]2COC(c3ccccc3)O[C@@H]2[C@H](O[C@@H]2O[C@H](COCc3ccccc3)[C@@H](O[C@@H]3O[C@@H]4COC(c5ccccc5)O[C@@H]4[C@H](OCc4ccccc4)[C@H]3OCc3ccccc3)[C@H](OCc3ccccc3)[C@H]2NC(=O)C(Cl)(Cl)Cl)[C@]1(O)N=[N+]=[N-])NC(=O)OCC1c2ccccc2-c2ccccc21. The van der Waals surface area contributed by atoms with Gasteiger partial charge in [-0.1, -0.05) is 283 Å². The second-order valence-corrected chi connectivity index (χ2v) is 29.4. The molecule has 5 fully saturated rings. The summed E-state index contributed by atoms with van der Waals surface area (Å²) < 4.78 is 105. The van der Waals surface area contributed by atoms with Crippen molar-refractivity contribution in [2.24, 2.45) is 5.11 Å². The van der Waals surface area contributed by atoms with Gasteiger partial charge in [-0.25, -0.2) is 9.59 Å². The fourth-order valence-corrected chi connectivity index (χ4v) is 14.6. The molecule has 0 radical (unpaired) electrons. The maximum absolute atomic E-state index is 14.8. The second kappa shape index (κ2) is 37.3. The van der Waals surface area contributed by atoms with Gasteiger partial charge >= 0.3 is 12.1 Å². The molecule has 18 atom stereocenters. The van der Waals surface area contributed by atoms with Crippen LogP contribution in [0.2, 0.25) is 0 Å². The highest BCUT2D eigenvalue weighted by Crippen LogP contribution is 2.47. The molecule has 5 aliphatic heterocycles. The number of amides is 2. The van der Waals surface area contributed by atoms with E-state index >= 15 is 0 Å². The number of rotatable bonds is 30. The van der Waals surface area contributed by atoms with Crippen molar-refractivity contribution < 1.29 is 95.3 Å². The molecule has 2 amide bonds. The van der Waals surface area contributed by atoms with Crippen LogP contribution in [0.15, 0.2) is 248 Å². The van der Waals surface area contributed by atoms with Gasteiger partial charge in [0, 0.05) is 22.0 Å². The van der Waals surface area contributed by atoms with E-state index in [-0.39, 0.29) is 65.4 Å². The number of hydrogen-bond acceptors (Lipinski definition) is 21. The van der Waals surface area contributed by atoms with Crippen molar-refractivity contribution in [2.45, 2.75) is 146 Å². The lowest BCUT2D eigenvalue weighted by atomic mass is 9.91. The van der Waals surface area contributed by atoms with Crippen molar-refractivity contribution in [3.05, 3.63) is 298 Å². The largest absolute Gasteiger partial charge is 0.460 e. The summed E-state index contributed by atoms with van der Waals surface area (Å²) in [4.78, 5) is 46.2. The number of hydrogen-bond donors (Lipinski definition) is 3. The molecule has 0 saturated carbocycles. The summed E-state index contributed by atoms with van der Waals surface area (Å²) in [5.74, 6) is -2.59. The molecule has 14 rings (SSSR count). The summed E-state index contributed by atoms with van der Waals surface area (Å²) in [6.07, 6.45) is -20.4. The average molecular weight is 1580 g/mol. The normalized spacial score (nSPS) is 27.8. The molecule has 28 heteroatoms. The zero-order chi connectivity index (χ0) is 76.7. The van der Waals surface area contributed by atoms with Gasteiger partial charge in [-0.3, -0.25) is 4.79 Å². The van der Waals surface area contributed by atoms with E-state index in [9.17, 15) is 25.0 Å². The molecule has 2 unspecified atom stereocenters. The Morgan fingerprint density at radius 3 is 1.60 bits per heavy atom. The molecule has 5 saturated heterocycles. The second-order valence-electron chi connectivity index (χ2n) is 27.1. The van der Waals surface area contributed by atoms with Crippen LogP contribution in [0.4, 0.5) is 4.79 Å². The third-order valence-corrected chi connectivity index (χ3v) is 20.3. The first-order valence-corrected chi connectivity index (χ1v) is 37.5. The Kier molecular flexibility index (Phi) is 26.5. The van der Waals surface area contributed by atoms with E-state index in [2.05, 4.69) is 27.2 Å². The van der Waals surface area contributed by atoms with Crippen molar-refractivity contribution in [2.75, 3.05) is 39.6 Å². The maximum Gasteiger partial charge on any atom is 0.407 e. The van der Waals surface area contributed by atoms with E-state index in [0.29, 0.717) is 11.1 Å². The van der Waals surface area contributed by atoms with Crippen LogP contribution in [0.3, 0.4) is 0 Å². The molecule has 25 nitrogen and oxygen atoms in total. The molecule has 0 bridgehead atoms. The van der Waals surface area contributed by atoms with Crippen LogP contribution >= 0.6 is 34.8 Å². The van der Waals surface area contributed by atoms with Crippen molar-refractivity contribution in [3.63, 3.8) is 0 Å². The number of azide groups is 1. The number of alkyl halides is 3. The average Bonchev–Trinajstić information content (AvgIpc) is 1.43. The highest BCUT2D eigenvalue weighted by atomic mass is 35.6. The number of fused-ring (bicyclic) bond motifs is 5. The lowest BCUT2D eigenvalue weighted by Gasteiger charge is -2.54. The Bertz CT molecular complexity index is 4370. The van der Waals surface area contributed by atoms with Crippen molar-refractivity contribution in [1.29, 1.82) is 0 Å². The molecular formula is C83H82Cl3N5O20. The summed E-state index contributed by atoms with van der Waals surface area (Å²) in [6.45, 7) is 1.69. The van der Waals surface area contributed by atoms with E-state index in [1.165, 1.54) is 6.08 Å². The van der Waals surface area contributed by atoms with Crippen LogP contribution < -0.4 is 10.6 Å². The zero-order valence-corrected chi connectivity index (χ0v) is 62.1. The summed E-state index contributed by atoms with van der Waals surface area (Å²) in [7, 11) is 0. The summed E-state index contributed by atoms with van der Waals surface area (Å²) in [5.41, 5.74) is 15.8. The summed E-state index contributed by atoms with van der Waals surface area (Å²) in [6, 6.07) is 67.9. The Morgan fingerprint density at radius 1 is 0.568 bits per heavy atom. The standard InChI is InChI=1S/C83H82Cl3N5O20/c1-2-41-97-74(92)62(88-81(94)104-46-61-59-39-23-21-37-57(59)58-38-22-24-40-60(58)61)47-103-80-82(95,90-91-87)73(69-65(107-80)50-102-76(110-69)56-35-19-8-20-36-56)111-77-66(89-79(93)83(84,85)86)70(98-43-52-27-11-4-12-28-52)67(63(105-77)48-96-42-51-25-9-3-10-26-51)109-78-72(100-45-54-31-15-6-16-32-54)71(99-44-53-29-13-5-14-30-53)68-64(106-78)49-101-75(108-68)55-33-17-7-18-34-55/h2-40,61-73,75-78,80,95H,1,41-50H2,(H,88,94)(H,89,93)/t62-,63+,64+,65+,66+,67+,68-,69-,70+,71-,72+,73-,75?,76?,77-,78-,80-,82+/m0/s1. The number of carbonyl (C=O) groups is 3. The maximum atomic E-state index is 14.8. The molecule has 5 heterocycles. The molecule has 8 aromatic carbocycles. The van der Waals surface area contributed by atoms with Crippen molar-refractivity contribution in [1.82, 2.24) is 10.6 Å². The number of carbonyl (C=O) groups excluding carboxylic acids is 3. The van der Waals surface area contributed by atoms with Crippen LogP contribution in [-0.4, -0.2) is 164 Å². The molecule has 1 aliphatic carbocycles. The number of nitrogens with zero attached hydrogens (tertiary/aromatic N) is 3. The molecular weight excluding hydrogens is 1490 g/mol. The van der Waals surface area contributed by atoms with E-state index < -0.39 is 139 Å². The number of esters is 1. The first-order chi connectivity index (χ1) is 54.2. The van der Waals surface area contributed by atoms with Crippen LogP contribution in [0.1, 0.15) is 63.0 Å². The fraction of sp³-hybridized carbons (Fsp3) is 0.361. The van der Waals surface area contributed by atoms with Gasteiger partial charge in [-0.15, -0.1) is 0 Å². The van der Waals surface area contributed by atoms with Gasteiger partial charge in [-0.2, -0.15) is 0 Å². The smallest absolute Gasteiger partial charge is 0.407 e. The van der Waals surface area contributed by atoms with Crippen LogP contribution in [0, 0.1) is 0 Å². The van der Waals surface area contributed by atoms with E-state index in [1.54, 1.807) is 30.3 Å². The van der Waals surface area contributed by atoms with E-state index in [1.807, 2.05) is 200 Å². The molecule has 580 valence electrons. The van der Waals surface area contributed by atoms with Gasteiger partial charge in [0.15, 0.2) is 37.5 Å². The molecule has 0 spiro atoms. The monoisotopic (exact) mass is 1570 g/mol. The highest BCUT2D eigenvalue weighted by molar-refractivity contribution is 6.76. The Labute approximate surface area is 655 Å². The zero-order valence-electron chi connectivity index (χ0n) is 59.9. The lowest BCUT2D eigenvalue weighted by molar-refractivity contribution is -0.416.